The molecule has 6 aromatic rings. The lowest BCUT2D eigenvalue weighted by Crippen LogP contribution is -2.04. The van der Waals surface area contributed by atoms with Gasteiger partial charge in [0, 0.05) is 22.3 Å². The van der Waals surface area contributed by atoms with Crippen molar-refractivity contribution in [3.63, 3.8) is 0 Å². The first kappa shape index (κ1) is 24.8. The highest BCUT2D eigenvalue weighted by molar-refractivity contribution is 6.17. The fraction of sp³-hybridized carbons (Fsp3) is 0. The summed E-state index contributed by atoms with van der Waals surface area (Å²) in [7, 11) is 0. The van der Waals surface area contributed by atoms with Gasteiger partial charge in [-0.1, -0.05) is 109 Å². The first-order valence-corrected chi connectivity index (χ1v) is 13.0. The average Bonchev–Trinajstić information content (AvgIpc) is 3.00. The Morgan fingerprint density at radius 3 is 1.15 bits per heavy atom. The predicted octanol–water partition coefficient (Wildman–Crippen LogP) is 8.59. The van der Waals surface area contributed by atoms with Gasteiger partial charge in [0.25, 0.3) is 0 Å². The Morgan fingerprint density at radius 2 is 0.750 bits per heavy atom. The monoisotopic (exact) mass is 518 g/mol. The van der Waals surface area contributed by atoms with Gasteiger partial charge >= 0.3 is 0 Å². The van der Waals surface area contributed by atoms with Gasteiger partial charge in [-0.2, -0.15) is 0 Å². The van der Waals surface area contributed by atoms with Crippen molar-refractivity contribution < 1.29 is 10.2 Å². The smallest absolute Gasteiger partial charge is 0.124 e. The van der Waals surface area contributed by atoms with Crippen molar-refractivity contribution in [3.05, 3.63) is 168 Å². The molecule has 4 nitrogen and oxygen atoms in total. The van der Waals surface area contributed by atoms with E-state index in [0.29, 0.717) is 33.9 Å². The minimum absolute atomic E-state index is 0.148. The molecule has 6 aromatic carbocycles. The van der Waals surface area contributed by atoms with Crippen LogP contribution in [0.2, 0.25) is 0 Å². The van der Waals surface area contributed by atoms with Crippen molar-refractivity contribution in [1.82, 2.24) is 0 Å². The Balaban J connectivity index is 1.65. The Labute approximate surface area is 232 Å². The largest absolute Gasteiger partial charge is 0.507 e. The maximum absolute atomic E-state index is 10.8. The van der Waals surface area contributed by atoms with Crippen molar-refractivity contribution in [2.75, 3.05) is 0 Å². The number of para-hydroxylation sites is 2. The molecule has 0 bridgehead atoms. The number of rotatable bonds is 6. The molecule has 6 rings (SSSR count). The maximum Gasteiger partial charge on any atom is 0.124 e. The van der Waals surface area contributed by atoms with E-state index >= 15 is 0 Å². The molecule has 0 aromatic heterocycles. The number of fused-ring (bicyclic) bond motifs is 1. The predicted molar refractivity (Wildman–Crippen MR) is 164 cm³/mol. The highest BCUT2D eigenvalue weighted by atomic mass is 16.3. The fourth-order valence-electron chi connectivity index (χ4n) is 4.74. The van der Waals surface area contributed by atoms with E-state index in [1.165, 1.54) is 0 Å². The molecule has 192 valence electrons. The molecule has 0 fully saturated rings. The first-order valence-electron chi connectivity index (χ1n) is 13.0. The van der Waals surface area contributed by atoms with Crippen LogP contribution < -0.4 is 0 Å². The Hall–Kier alpha value is -5.48. The van der Waals surface area contributed by atoms with E-state index in [1.807, 2.05) is 121 Å². The Morgan fingerprint density at radius 1 is 0.400 bits per heavy atom. The summed E-state index contributed by atoms with van der Waals surface area (Å²) in [6, 6.07) is 46.2. The van der Waals surface area contributed by atoms with Gasteiger partial charge in [0.2, 0.25) is 0 Å². The summed E-state index contributed by atoms with van der Waals surface area (Å²) in [6.45, 7) is 0. The van der Waals surface area contributed by atoms with Gasteiger partial charge in [0.05, 0.1) is 22.8 Å². The number of phenolic OH excluding ortho intramolecular Hbond substituents is 2. The van der Waals surface area contributed by atoms with E-state index < -0.39 is 0 Å². The SMILES string of the molecule is Oc1ccccc1C(=Nc1cc2ccccc2cc1N=C(c1ccccc1)c1ccccc1O)c1ccccc1. The van der Waals surface area contributed by atoms with Gasteiger partial charge in [0.1, 0.15) is 11.5 Å². The minimum Gasteiger partial charge on any atom is -0.507 e. The third-order valence-corrected chi connectivity index (χ3v) is 6.72. The Bertz CT molecular complexity index is 1720. The topological polar surface area (TPSA) is 65.2 Å². The molecule has 0 unspecified atom stereocenters. The summed E-state index contributed by atoms with van der Waals surface area (Å²) in [5.41, 5.74) is 5.55. The molecule has 0 saturated carbocycles. The molecule has 0 heterocycles. The van der Waals surface area contributed by atoms with Gasteiger partial charge in [-0.3, -0.25) is 0 Å². The standard InChI is InChI=1S/C36H26N2O2/c39-33-21-11-9-19-29(33)35(25-13-3-1-4-14-25)37-31-23-27-17-7-8-18-28(27)24-32(31)38-36(26-15-5-2-6-16-26)30-20-10-12-22-34(30)40/h1-24,39-40H. The van der Waals surface area contributed by atoms with Crippen molar-refractivity contribution in [2.24, 2.45) is 9.98 Å². The summed E-state index contributed by atoms with van der Waals surface area (Å²) in [4.78, 5) is 10.3. The van der Waals surface area contributed by atoms with Gasteiger partial charge in [-0.15, -0.1) is 0 Å². The van der Waals surface area contributed by atoms with E-state index in [9.17, 15) is 10.2 Å². The Kier molecular flexibility index (Phi) is 6.89. The molecule has 0 aliphatic heterocycles. The summed E-state index contributed by atoms with van der Waals surface area (Å²) in [6.07, 6.45) is 0. The molecule has 0 aliphatic rings. The van der Waals surface area contributed by atoms with Crippen molar-refractivity contribution in [1.29, 1.82) is 0 Å². The number of benzene rings is 6. The van der Waals surface area contributed by atoms with Crippen LogP contribution in [0.15, 0.2) is 156 Å². The number of aromatic hydroxyl groups is 2. The molecular weight excluding hydrogens is 492 g/mol. The average molecular weight is 519 g/mol. The van der Waals surface area contributed by atoms with E-state index in [1.54, 1.807) is 24.3 Å². The van der Waals surface area contributed by atoms with Crippen molar-refractivity contribution in [2.45, 2.75) is 0 Å². The van der Waals surface area contributed by atoms with Crippen LogP contribution >= 0.6 is 0 Å². The second-order valence-electron chi connectivity index (χ2n) is 9.38. The molecule has 0 atom stereocenters. The quantitative estimate of drug-likeness (QED) is 0.217. The van der Waals surface area contributed by atoms with E-state index in [0.717, 1.165) is 21.9 Å². The molecule has 40 heavy (non-hydrogen) atoms. The number of nitrogens with zero attached hydrogens (tertiary/aromatic N) is 2. The normalized spacial score (nSPS) is 12.0. The highest BCUT2D eigenvalue weighted by Gasteiger charge is 2.16. The zero-order valence-corrected chi connectivity index (χ0v) is 21.6. The maximum atomic E-state index is 10.8. The zero-order chi connectivity index (χ0) is 27.3. The van der Waals surface area contributed by atoms with Gasteiger partial charge in [0.15, 0.2) is 0 Å². The lowest BCUT2D eigenvalue weighted by atomic mass is 10.00. The van der Waals surface area contributed by atoms with Crippen LogP contribution in [0.4, 0.5) is 11.4 Å². The summed E-state index contributed by atoms with van der Waals surface area (Å²) >= 11 is 0. The highest BCUT2D eigenvalue weighted by Crippen LogP contribution is 2.37. The second-order valence-corrected chi connectivity index (χ2v) is 9.38. The molecule has 0 radical (unpaired) electrons. The molecule has 2 N–H and O–H groups in total. The van der Waals surface area contributed by atoms with Crippen LogP contribution in [-0.2, 0) is 0 Å². The summed E-state index contributed by atoms with van der Waals surface area (Å²) in [5, 5.41) is 23.6. The van der Waals surface area contributed by atoms with Gasteiger partial charge in [-0.25, -0.2) is 9.98 Å². The third-order valence-electron chi connectivity index (χ3n) is 6.72. The lowest BCUT2D eigenvalue weighted by molar-refractivity contribution is 0.473. The van der Waals surface area contributed by atoms with Crippen LogP contribution in [0.1, 0.15) is 22.3 Å². The van der Waals surface area contributed by atoms with E-state index in [-0.39, 0.29) is 11.5 Å². The summed E-state index contributed by atoms with van der Waals surface area (Å²) < 4.78 is 0. The minimum atomic E-state index is 0.148. The molecule has 0 saturated heterocycles. The van der Waals surface area contributed by atoms with Crippen molar-refractivity contribution in [3.8, 4) is 11.5 Å². The number of phenols is 2. The fourth-order valence-corrected chi connectivity index (χ4v) is 4.74. The van der Waals surface area contributed by atoms with Gasteiger partial charge < -0.3 is 10.2 Å². The molecular formula is C36H26N2O2. The second kappa shape index (κ2) is 11.1. The zero-order valence-electron chi connectivity index (χ0n) is 21.6. The van der Waals surface area contributed by atoms with Crippen LogP contribution in [-0.4, -0.2) is 21.6 Å². The third kappa shape index (κ3) is 5.11. The van der Waals surface area contributed by atoms with Crippen LogP contribution in [0.3, 0.4) is 0 Å². The van der Waals surface area contributed by atoms with Crippen LogP contribution in [0.5, 0.6) is 11.5 Å². The van der Waals surface area contributed by atoms with Crippen molar-refractivity contribution >= 4 is 33.6 Å². The number of aliphatic imine (C=N–C) groups is 2. The molecule has 0 aliphatic carbocycles. The van der Waals surface area contributed by atoms with Crippen LogP contribution in [0.25, 0.3) is 10.8 Å². The molecule has 0 amide bonds. The number of hydrogen-bond acceptors (Lipinski definition) is 4. The molecule has 0 spiro atoms. The van der Waals surface area contributed by atoms with E-state index in [4.69, 9.17) is 9.98 Å². The van der Waals surface area contributed by atoms with Crippen LogP contribution in [0, 0.1) is 0 Å². The summed E-state index contributed by atoms with van der Waals surface area (Å²) in [5.74, 6) is 0.297. The lowest BCUT2D eigenvalue weighted by Gasteiger charge is -2.13. The molecule has 4 heteroatoms. The first-order chi connectivity index (χ1) is 19.7. The van der Waals surface area contributed by atoms with Gasteiger partial charge in [-0.05, 0) is 47.2 Å². The van der Waals surface area contributed by atoms with E-state index in [2.05, 4.69) is 0 Å². The number of hydrogen-bond donors (Lipinski definition) is 2.